The van der Waals surface area contributed by atoms with Gasteiger partial charge in [0, 0.05) is 17.0 Å². The minimum absolute atomic E-state index is 1.13. The van der Waals surface area contributed by atoms with Crippen LogP contribution in [0.2, 0.25) is 0 Å². The van der Waals surface area contributed by atoms with Crippen LogP contribution in [0, 0.1) is 13.8 Å². The highest BCUT2D eigenvalue weighted by Gasteiger charge is 2.05. The molecule has 0 amide bonds. The lowest BCUT2D eigenvalue weighted by molar-refractivity contribution is 0.888. The fourth-order valence-electron chi connectivity index (χ4n) is 2.06. The molecular weight excluding hydrogens is 194 g/mol. The molecule has 1 aromatic heterocycles. The summed E-state index contributed by atoms with van der Waals surface area (Å²) in [7, 11) is 0. The predicted molar refractivity (Wildman–Crippen MR) is 69.7 cm³/mol. The number of aromatic amines is 1. The molecule has 0 fully saturated rings. The van der Waals surface area contributed by atoms with Gasteiger partial charge < -0.3 is 4.98 Å². The van der Waals surface area contributed by atoms with Gasteiger partial charge in [0.25, 0.3) is 0 Å². The zero-order valence-electron chi connectivity index (χ0n) is 10.3. The Hall–Kier alpha value is -1.50. The third-order valence-corrected chi connectivity index (χ3v) is 2.95. The number of benzene rings is 1. The smallest absolute Gasteiger partial charge is 0.0197 e. The van der Waals surface area contributed by atoms with Crippen molar-refractivity contribution in [3.05, 3.63) is 47.3 Å². The lowest BCUT2D eigenvalue weighted by atomic mass is 10.0. The first-order valence-electron chi connectivity index (χ1n) is 5.96. The van der Waals surface area contributed by atoms with Crippen molar-refractivity contribution in [3.63, 3.8) is 0 Å². The molecule has 2 aromatic rings. The average Bonchev–Trinajstić information content (AvgIpc) is 2.61. The quantitative estimate of drug-likeness (QED) is 0.784. The molecule has 0 spiro atoms. The molecule has 84 valence electrons. The highest BCUT2D eigenvalue weighted by Crippen LogP contribution is 2.25. The van der Waals surface area contributed by atoms with Crippen molar-refractivity contribution in [2.75, 3.05) is 0 Å². The van der Waals surface area contributed by atoms with Gasteiger partial charge in [0.2, 0.25) is 0 Å². The molecule has 1 heteroatoms. The summed E-state index contributed by atoms with van der Waals surface area (Å²) in [6, 6.07) is 11.0. The first-order valence-corrected chi connectivity index (χ1v) is 5.96. The van der Waals surface area contributed by atoms with E-state index in [2.05, 4.69) is 56.1 Å². The van der Waals surface area contributed by atoms with Crippen molar-refractivity contribution in [1.82, 2.24) is 4.98 Å². The van der Waals surface area contributed by atoms with E-state index in [9.17, 15) is 0 Å². The minimum atomic E-state index is 1.13. The zero-order chi connectivity index (χ0) is 11.5. The molecule has 16 heavy (non-hydrogen) atoms. The molecule has 1 N–H and O–H groups in total. The van der Waals surface area contributed by atoms with Crippen LogP contribution in [0.25, 0.3) is 11.1 Å². The number of aryl methyl sites for hydroxylation is 3. The lowest BCUT2D eigenvalue weighted by Gasteiger charge is -2.00. The number of hydrogen-bond donors (Lipinski definition) is 1. The Morgan fingerprint density at radius 1 is 1.06 bits per heavy atom. The Bertz CT molecular complexity index is 463. The van der Waals surface area contributed by atoms with Crippen molar-refractivity contribution in [3.8, 4) is 11.1 Å². The SMILES string of the molecule is CCCc1cc(-c2ccc(C)cc2)c(C)[nH]1. The summed E-state index contributed by atoms with van der Waals surface area (Å²) >= 11 is 0. The molecule has 1 aromatic carbocycles. The molecule has 0 saturated carbocycles. The largest absolute Gasteiger partial charge is 0.362 e. The summed E-state index contributed by atoms with van der Waals surface area (Å²) < 4.78 is 0. The monoisotopic (exact) mass is 213 g/mol. The highest BCUT2D eigenvalue weighted by atomic mass is 14.7. The Morgan fingerprint density at radius 3 is 2.38 bits per heavy atom. The van der Waals surface area contributed by atoms with Crippen LogP contribution in [0.3, 0.4) is 0 Å². The van der Waals surface area contributed by atoms with E-state index in [0.29, 0.717) is 0 Å². The van der Waals surface area contributed by atoms with Crippen LogP contribution in [-0.4, -0.2) is 4.98 Å². The van der Waals surface area contributed by atoms with Gasteiger partial charge >= 0.3 is 0 Å². The van der Waals surface area contributed by atoms with Gasteiger partial charge in [-0.15, -0.1) is 0 Å². The van der Waals surface area contributed by atoms with E-state index in [1.54, 1.807) is 0 Å². The van der Waals surface area contributed by atoms with E-state index < -0.39 is 0 Å². The van der Waals surface area contributed by atoms with Crippen molar-refractivity contribution in [2.45, 2.75) is 33.6 Å². The summed E-state index contributed by atoms with van der Waals surface area (Å²) in [5.41, 5.74) is 6.57. The van der Waals surface area contributed by atoms with E-state index >= 15 is 0 Å². The summed E-state index contributed by atoms with van der Waals surface area (Å²) in [5, 5.41) is 0. The third-order valence-electron chi connectivity index (χ3n) is 2.95. The first-order chi connectivity index (χ1) is 7.70. The Morgan fingerprint density at radius 2 is 1.75 bits per heavy atom. The summed E-state index contributed by atoms with van der Waals surface area (Å²) in [5.74, 6) is 0. The number of rotatable bonds is 3. The minimum Gasteiger partial charge on any atom is -0.362 e. The molecule has 1 nitrogen and oxygen atoms in total. The average molecular weight is 213 g/mol. The fraction of sp³-hybridized carbons (Fsp3) is 0.333. The fourth-order valence-corrected chi connectivity index (χ4v) is 2.06. The van der Waals surface area contributed by atoms with E-state index in [-0.39, 0.29) is 0 Å². The van der Waals surface area contributed by atoms with Gasteiger partial charge in [-0.1, -0.05) is 43.2 Å². The third kappa shape index (κ3) is 2.19. The molecule has 0 radical (unpaired) electrons. The first kappa shape index (κ1) is 11.0. The molecule has 0 unspecified atom stereocenters. The molecule has 0 aliphatic carbocycles. The second kappa shape index (κ2) is 4.56. The van der Waals surface area contributed by atoms with Crippen molar-refractivity contribution >= 4 is 0 Å². The van der Waals surface area contributed by atoms with Crippen LogP contribution in [0.5, 0.6) is 0 Å². The van der Waals surface area contributed by atoms with E-state index in [4.69, 9.17) is 0 Å². The van der Waals surface area contributed by atoms with Crippen LogP contribution in [-0.2, 0) is 6.42 Å². The molecule has 0 saturated heterocycles. The molecule has 0 aliphatic rings. The molecular formula is C15H19N. The standard InChI is InChI=1S/C15H19N/c1-4-5-14-10-15(12(3)16-14)13-8-6-11(2)7-9-13/h6-10,16H,4-5H2,1-3H3. The maximum absolute atomic E-state index is 3.46. The van der Waals surface area contributed by atoms with Gasteiger partial charge in [-0.05, 0) is 31.9 Å². The van der Waals surface area contributed by atoms with Gasteiger partial charge in [0.05, 0.1) is 0 Å². The maximum Gasteiger partial charge on any atom is 0.0197 e. The Labute approximate surface area is 97.5 Å². The van der Waals surface area contributed by atoms with E-state index in [1.165, 1.54) is 34.5 Å². The lowest BCUT2D eigenvalue weighted by Crippen LogP contribution is -1.81. The van der Waals surface area contributed by atoms with Crippen LogP contribution in [0.15, 0.2) is 30.3 Å². The summed E-state index contributed by atoms with van der Waals surface area (Å²) in [6.45, 7) is 6.48. The Kier molecular flexibility index (Phi) is 3.14. The number of aromatic nitrogens is 1. The van der Waals surface area contributed by atoms with Gasteiger partial charge in [-0.2, -0.15) is 0 Å². The predicted octanol–water partition coefficient (Wildman–Crippen LogP) is 4.25. The van der Waals surface area contributed by atoms with Crippen molar-refractivity contribution in [1.29, 1.82) is 0 Å². The van der Waals surface area contributed by atoms with Gasteiger partial charge in [-0.3, -0.25) is 0 Å². The number of H-pyrrole nitrogens is 1. The molecule has 0 aliphatic heterocycles. The second-order valence-electron chi connectivity index (χ2n) is 4.45. The van der Waals surface area contributed by atoms with Crippen molar-refractivity contribution < 1.29 is 0 Å². The highest BCUT2D eigenvalue weighted by molar-refractivity contribution is 5.67. The molecule has 2 rings (SSSR count). The molecule has 0 atom stereocenters. The summed E-state index contributed by atoms with van der Waals surface area (Å²) in [6.07, 6.45) is 2.32. The normalized spacial score (nSPS) is 10.7. The van der Waals surface area contributed by atoms with E-state index in [1.807, 2.05) is 0 Å². The molecule has 1 heterocycles. The zero-order valence-corrected chi connectivity index (χ0v) is 10.3. The van der Waals surface area contributed by atoms with Gasteiger partial charge in [-0.25, -0.2) is 0 Å². The van der Waals surface area contributed by atoms with Gasteiger partial charge in [0.15, 0.2) is 0 Å². The van der Waals surface area contributed by atoms with Crippen LogP contribution < -0.4 is 0 Å². The topological polar surface area (TPSA) is 15.8 Å². The van der Waals surface area contributed by atoms with Crippen LogP contribution >= 0.6 is 0 Å². The number of nitrogens with one attached hydrogen (secondary N) is 1. The Balaban J connectivity index is 2.36. The molecule has 0 bridgehead atoms. The maximum atomic E-state index is 3.46. The van der Waals surface area contributed by atoms with Gasteiger partial charge in [0.1, 0.15) is 0 Å². The van der Waals surface area contributed by atoms with Crippen LogP contribution in [0.4, 0.5) is 0 Å². The summed E-state index contributed by atoms with van der Waals surface area (Å²) in [4.78, 5) is 3.46. The van der Waals surface area contributed by atoms with Crippen LogP contribution in [0.1, 0.15) is 30.3 Å². The second-order valence-corrected chi connectivity index (χ2v) is 4.45. The number of hydrogen-bond acceptors (Lipinski definition) is 0. The van der Waals surface area contributed by atoms with E-state index in [0.717, 1.165) is 6.42 Å². The van der Waals surface area contributed by atoms with Crippen molar-refractivity contribution in [2.24, 2.45) is 0 Å².